The second kappa shape index (κ2) is 5.00. The SMILES string of the molecule is CCOC(=O)c1c[nH]c2c(OC)cc(OC)cc12. The molecule has 2 rings (SSSR count). The van der Waals surface area contributed by atoms with Gasteiger partial charge in [0.2, 0.25) is 0 Å². The van der Waals surface area contributed by atoms with Crippen molar-refractivity contribution in [1.29, 1.82) is 0 Å². The standard InChI is InChI=1S/C13H15NO4/c1-4-18-13(15)10-7-14-12-9(10)5-8(16-2)6-11(12)17-3/h5-7,14H,4H2,1-3H3. The highest BCUT2D eigenvalue weighted by Gasteiger charge is 2.16. The minimum Gasteiger partial charge on any atom is -0.497 e. The summed E-state index contributed by atoms with van der Waals surface area (Å²) in [6, 6.07) is 3.54. The molecule has 0 unspecified atom stereocenters. The maximum absolute atomic E-state index is 11.8. The highest BCUT2D eigenvalue weighted by atomic mass is 16.5. The summed E-state index contributed by atoms with van der Waals surface area (Å²) in [4.78, 5) is 14.8. The molecule has 0 spiro atoms. The number of rotatable bonds is 4. The number of benzene rings is 1. The van der Waals surface area contributed by atoms with Crippen molar-refractivity contribution in [3.63, 3.8) is 0 Å². The first-order chi connectivity index (χ1) is 8.71. The van der Waals surface area contributed by atoms with Gasteiger partial charge in [-0.2, -0.15) is 0 Å². The molecular formula is C13H15NO4. The van der Waals surface area contributed by atoms with Crippen LogP contribution in [0.15, 0.2) is 18.3 Å². The van der Waals surface area contributed by atoms with E-state index in [4.69, 9.17) is 14.2 Å². The normalized spacial score (nSPS) is 10.4. The summed E-state index contributed by atoms with van der Waals surface area (Å²) < 4.78 is 15.4. The lowest BCUT2D eigenvalue weighted by atomic mass is 10.1. The summed E-state index contributed by atoms with van der Waals surface area (Å²) in [6.45, 7) is 2.11. The number of carbonyl (C=O) groups is 1. The summed E-state index contributed by atoms with van der Waals surface area (Å²) in [7, 11) is 3.14. The zero-order chi connectivity index (χ0) is 13.1. The average Bonchev–Trinajstić information content (AvgIpc) is 2.81. The predicted molar refractivity (Wildman–Crippen MR) is 67.4 cm³/mol. The number of hydrogen-bond donors (Lipinski definition) is 1. The molecule has 5 nitrogen and oxygen atoms in total. The Morgan fingerprint density at radius 2 is 2.06 bits per heavy atom. The largest absolute Gasteiger partial charge is 0.497 e. The fraction of sp³-hybridized carbons (Fsp3) is 0.308. The number of H-pyrrole nitrogens is 1. The Bertz CT molecular complexity index is 574. The number of aromatic amines is 1. The molecule has 0 saturated heterocycles. The van der Waals surface area contributed by atoms with Gasteiger partial charge in [-0.05, 0) is 13.0 Å². The summed E-state index contributed by atoms with van der Waals surface area (Å²) in [6.07, 6.45) is 1.62. The third kappa shape index (κ3) is 1.99. The minimum atomic E-state index is -0.362. The van der Waals surface area contributed by atoms with E-state index in [1.54, 1.807) is 39.5 Å². The molecule has 0 atom stereocenters. The summed E-state index contributed by atoms with van der Waals surface area (Å²) in [5, 5.41) is 0.727. The van der Waals surface area contributed by atoms with E-state index in [2.05, 4.69) is 4.98 Å². The van der Waals surface area contributed by atoms with Gasteiger partial charge in [0, 0.05) is 17.6 Å². The first-order valence-corrected chi connectivity index (χ1v) is 5.61. The highest BCUT2D eigenvalue weighted by molar-refractivity contribution is 6.06. The van der Waals surface area contributed by atoms with Gasteiger partial charge < -0.3 is 19.2 Å². The Labute approximate surface area is 105 Å². The maximum atomic E-state index is 11.8. The van der Waals surface area contributed by atoms with Crippen LogP contribution in [0.2, 0.25) is 0 Å². The molecular weight excluding hydrogens is 234 g/mol. The zero-order valence-corrected chi connectivity index (χ0v) is 10.6. The maximum Gasteiger partial charge on any atom is 0.340 e. The van der Waals surface area contributed by atoms with Gasteiger partial charge in [0.05, 0.1) is 31.9 Å². The second-order valence-corrected chi connectivity index (χ2v) is 3.68. The van der Waals surface area contributed by atoms with Crippen molar-refractivity contribution in [2.24, 2.45) is 0 Å². The van der Waals surface area contributed by atoms with Crippen molar-refractivity contribution >= 4 is 16.9 Å². The first-order valence-electron chi connectivity index (χ1n) is 5.61. The Morgan fingerprint density at radius 3 is 2.67 bits per heavy atom. The van der Waals surface area contributed by atoms with Crippen LogP contribution in [0.5, 0.6) is 11.5 Å². The van der Waals surface area contributed by atoms with E-state index in [-0.39, 0.29) is 5.97 Å². The smallest absolute Gasteiger partial charge is 0.340 e. The number of fused-ring (bicyclic) bond motifs is 1. The molecule has 0 aliphatic carbocycles. The average molecular weight is 249 g/mol. The number of methoxy groups -OCH3 is 2. The van der Waals surface area contributed by atoms with Crippen LogP contribution in [-0.2, 0) is 4.74 Å². The van der Waals surface area contributed by atoms with E-state index in [1.807, 2.05) is 0 Å². The van der Waals surface area contributed by atoms with Crippen LogP contribution < -0.4 is 9.47 Å². The molecule has 1 aromatic heterocycles. The van der Waals surface area contributed by atoms with Crippen molar-refractivity contribution in [2.45, 2.75) is 6.92 Å². The fourth-order valence-corrected chi connectivity index (χ4v) is 1.83. The van der Waals surface area contributed by atoms with Crippen molar-refractivity contribution in [2.75, 3.05) is 20.8 Å². The predicted octanol–water partition coefficient (Wildman–Crippen LogP) is 2.36. The molecule has 0 aliphatic rings. The van der Waals surface area contributed by atoms with Crippen molar-refractivity contribution in [3.8, 4) is 11.5 Å². The number of hydrogen-bond acceptors (Lipinski definition) is 4. The number of ether oxygens (including phenoxy) is 3. The van der Waals surface area contributed by atoms with E-state index >= 15 is 0 Å². The molecule has 2 aromatic rings. The molecule has 0 bridgehead atoms. The van der Waals surface area contributed by atoms with Gasteiger partial charge >= 0.3 is 5.97 Å². The molecule has 0 fully saturated rings. The Kier molecular flexibility index (Phi) is 3.41. The van der Waals surface area contributed by atoms with E-state index in [0.717, 1.165) is 10.9 Å². The Balaban J connectivity index is 2.60. The summed E-state index contributed by atoms with van der Waals surface area (Å²) in [5.74, 6) is 0.892. The van der Waals surface area contributed by atoms with Crippen LogP contribution in [0, 0.1) is 0 Å². The molecule has 96 valence electrons. The molecule has 5 heteroatoms. The summed E-state index contributed by atoms with van der Waals surface area (Å²) in [5.41, 5.74) is 1.23. The van der Waals surface area contributed by atoms with E-state index < -0.39 is 0 Å². The van der Waals surface area contributed by atoms with E-state index in [1.165, 1.54) is 0 Å². The number of esters is 1. The third-order valence-corrected chi connectivity index (χ3v) is 2.68. The zero-order valence-electron chi connectivity index (χ0n) is 10.6. The van der Waals surface area contributed by atoms with Crippen LogP contribution in [0.1, 0.15) is 17.3 Å². The number of aromatic nitrogens is 1. The quantitative estimate of drug-likeness (QED) is 0.845. The van der Waals surface area contributed by atoms with Crippen LogP contribution in [0.4, 0.5) is 0 Å². The lowest BCUT2D eigenvalue weighted by Gasteiger charge is -2.06. The monoisotopic (exact) mass is 249 g/mol. The topological polar surface area (TPSA) is 60.6 Å². The van der Waals surface area contributed by atoms with Crippen LogP contribution in [-0.4, -0.2) is 31.8 Å². The van der Waals surface area contributed by atoms with Gasteiger partial charge in [-0.15, -0.1) is 0 Å². The number of nitrogens with one attached hydrogen (secondary N) is 1. The Hall–Kier alpha value is -2.17. The lowest BCUT2D eigenvalue weighted by Crippen LogP contribution is -2.03. The minimum absolute atomic E-state index is 0.340. The molecule has 1 N–H and O–H groups in total. The van der Waals surface area contributed by atoms with Crippen LogP contribution in [0.3, 0.4) is 0 Å². The first kappa shape index (κ1) is 12.3. The summed E-state index contributed by atoms with van der Waals surface area (Å²) >= 11 is 0. The van der Waals surface area contributed by atoms with E-state index in [9.17, 15) is 4.79 Å². The fourth-order valence-electron chi connectivity index (χ4n) is 1.83. The van der Waals surface area contributed by atoms with Gasteiger partial charge in [0.1, 0.15) is 11.5 Å². The van der Waals surface area contributed by atoms with Crippen LogP contribution in [0.25, 0.3) is 10.9 Å². The van der Waals surface area contributed by atoms with Crippen molar-refractivity contribution in [1.82, 2.24) is 4.98 Å². The van der Waals surface area contributed by atoms with Gasteiger partial charge in [-0.3, -0.25) is 0 Å². The second-order valence-electron chi connectivity index (χ2n) is 3.68. The number of carbonyl (C=O) groups excluding carboxylic acids is 1. The van der Waals surface area contributed by atoms with Gasteiger partial charge in [0.25, 0.3) is 0 Å². The van der Waals surface area contributed by atoms with E-state index in [0.29, 0.717) is 23.7 Å². The molecule has 0 saturated carbocycles. The molecule has 0 radical (unpaired) electrons. The molecule has 0 amide bonds. The molecule has 1 aromatic carbocycles. The molecule has 0 aliphatic heterocycles. The molecule has 18 heavy (non-hydrogen) atoms. The lowest BCUT2D eigenvalue weighted by molar-refractivity contribution is 0.0529. The van der Waals surface area contributed by atoms with Crippen molar-refractivity contribution in [3.05, 3.63) is 23.9 Å². The molecule has 1 heterocycles. The van der Waals surface area contributed by atoms with Gasteiger partial charge in [-0.25, -0.2) is 4.79 Å². The van der Waals surface area contributed by atoms with Crippen molar-refractivity contribution < 1.29 is 19.0 Å². The Morgan fingerprint density at radius 1 is 1.28 bits per heavy atom. The van der Waals surface area contributed by atoms with Crippen LogP contribution >= 0.6 is 0 Å². The van der Waals surface area contributed by atoms with Gasteiger partial charge in [0.15, 0.2) is 0 Å². The highest BCUT2D eigenvalue weighted by Crippen LogP contribution is 2.32. The third-order valence-electron chi connectivity index (χ3n) is 2.68. The van der Waals surface area contributed by atoms with Gasteiger partial charge in [-0.1, -0.05) is 0 Å².